The Hall–Kier alpha value is -3.07. The Morgan fingerprint density at radius 3 is 2.10 bits per heavy atom. The van der Waals surface area contributed by atoms with Gasteiger partial charge in [-0.05, 0) is 61.9 Å². The Kier molecular flexibility index (Phi) is 8.02. The minimum atomic E-state index is -3.83. The molecule has 2 rings (SSSR count). The number of carbonyl (C=O) groups excluding carboxylic acids is 2. The molecule has 0 atom stereocenters. The van der Waals surface area contributed by atoms with E-state index < -0.39 is 22.1 Å². The molecule has 0 fully saturated rings. The number of carbonyl (C=O) groups is 2. The molecule has 2 aromatic rings. The van der Waals surface area contributed by atoms with Gasteiger partial charge in [0.25, 0.3) is 10.0 Å². The largest absolute Gasteiger partial charge is 0.462 e. The van der Waals surface area contributed by atoms with Crippen molar-refractivity contribution < 1.29 is 27.5 Å². The molecule has 1 amide bonds. The van der Waals surface area contributed by atoms with Crippen LogP contribution in [0.2, 0.25) is 0 Å². The quantitative estimate of drug-likeness (QED) is 0.468. The highest BCUT2D eigenvalue weighted by atomic mass is 32.2. The Morgan fingerprint density at radius 1 is 0.897 bits per heavy atom. The number of nitrogens with one attached hydrogen (secondary N) is 2. The van der Waals surface area contributed by atoms with E-state index in [1.54, 1.807) is 6.92 Å². The highest BCUT2D eigenvalue weighted by Crippen LogP contribution is 2.19. The van der Waals surface area contributed by atoms with Gasteiger partial charge >= 0.3 is 12.1 Å². The summed E-state index contributed by atoms with van der Waals surface area (Å²) in [5.41, 5.74) is 1.07. The number of rotatable bonds is 9. The zero-order valence-electron chi connectivity index (χ0n) is 16.3. The second kappa shape index (κ2) is 10.5. The molecule has 0 saturated carbocycles. The maximum atomic E-state index is 12.5. The number of hydrogen-bond donors (Lipinski definition) is 2. The average molecular weight is 420 g/mol. The molecule has 9 heteroatoms. The van der Waals surface area contributed by atoms with Gasteiger partial charge in [-0.15, -0.1) is 0 Å². The molecule has 2 N–H and O–H groups in total. The van der Waals surface area contributed by atoms with E-state index in [-0.39, 0.29) is 11.5 Å². The summed E-state index contributed by atoms with van der Waals surface area (Å²) in [6, 6.07) is 11.6. The third-order valence-corrected chi connectivity index (χ3v) is 5.19. The number of esters is 1. The number of amides is 1. The lowest BCUT2D eigenvalue weighted by Crippen LogP contribution is -2.15. The summed E-state index contributed by atoms with van der Waals surface area (Å²) in [6.07, 6.45) is 1.10. The number of sulfonamides is 1. The van der Waals surface area contributed by atoms with Crippen molar-refractivity contribution in [3.8, 4) is 0 Å². The third-order valence-electron chi connectivity index (χ3n) is 3.79. The highest BCUT2D eigenvalue weighted by Gasteiger charge is 2.15. The van der Waals surface area contributed by atoms with Crippen LogP contribution in [0.15, 0.2) is 53.4 Å². The number of hydrogen-bond acceptors (Lipinski definition) is 6. The van der Waals surface area contributed by atoms with Crippen molar-refractivity contribution in [1.29, 1.82) is 0 Å². The average Bonchev–Trinajstić information content (AvgIpc) is 2.69. The van der Waals surface area contributed by atoms with E-state index in [2.05, 4.69) is 10.0 Å². The van der Waals surface area contributed by atoms with Crippen LogP contribution in [0.5, 0.6) is 0 Å². The van der Waals surface area contributed by atoms with Gasteiger partial charge in [0, 0.05) is 11.4 Å². The molecule has 0 saturated heterocycles. The van der Waals surface area contributed by atoms with E-state index in [0.29, 0.717) is 23.5 Å². The molecular formula is C20H24N2O6S. The second-order valence-corrected chi connectivity index (χ2v) is 7.72. The van der Waals surface area contributed by atoms with Crippen LogP contribution in [0.4, 0.5) is 16.2 Å². The number of unbranched alkanes of at least 4 members (excludes halogenated alkanes) is 1. The summed E-state index contributed by atoms with van der Waals surface area (Å²) in [5, 5.41) is 2.49. The first kappa shape index (κ1) is 22.2. The first-order chi connectivity index (χ1) is 13.9. The molecule has 0 aliphatic rings. The summed E-state index contributed by atoms with van der Waals surface area (Å²) < 4.78 is 37.4. The predicted molar refractivity (Wildman–Crippen MR) is 110 cm³/mol. The van der Waals surface area contributed by atoms with E-state index in [0.717, 1.165) is 12.8 Å². The lowest BCUT2D eigenvalue weighted by molar-refractivity contribution is 0.0499. The maximum Gasteiger partial charge on any atom is 0.411 e. The molecule has 0 bridgehead atoms. The van der Waals surface area contributed by atoms with Gasteiger partial charge in [-0.2, -0.15) is 0 Å². The smallest absolute Gasteiger partial charge is 0.411 e. The Bertz CT molecular complexity index is 924. The molecule has 0 aliphatic carbocycles. The third kappa shape index (κ3) is 6.79. The number of ether oxygens (including phenoxy) is 2. The van der Waals surface area contributed by atoms with Crippen molar-refractivity contribution in [1.82, 2.24) is 0 Å². The van der Waals surface area contributed by atoms with Gasteiger partial charge < -0.3 is 9.47 Å². The molecule has 0 radical (unpaired) electrons. The van der Waals surface area contributed by atoms with Crippen molar-refractivity contribution in [3.05, 3.63) is 54.1 Å². The molecule has 156 valence electrons. The molecule has 8 nitrogen and oxygen atoms in total. The van der Waals surface area contributed by atoms with Crippen molar-refractivity contribution in [2.75, 3.05) is 23.3 Å². The molecule has 0 aliphatic heterocycles. The van der Waals surface area contributed by atoms with Gasteiger partial charge in [-0.1, -0.05) is 13.3 Å². The van der Waals surface area contributed by atoms with Crippen molar-refractivity contribution in [2.45, 2.75) is 31.6 Å². The second-order valence-electron chi connectivity index (χ2n) is 6.04. The topological polar surface area (TPSA) is 111 Å². The van der Waals surface area contributed by atoms with E-state index in [4.69, 9.17) is 9.47 Å². The molecule has 0 unspecified atom stereocenters. The van der Waals surface area contributed by atoms with Crippen LogP contribution in [0.1, 0.15) is 37.0 Å². The van der Waals surface area contributed by atoms with Crippen LogP contribution in [-0.2, 0) is 19.5 Å². The highest BCUT2D eigenvalue weighted by molar-refractivity contribution is 7.92. The van der Waals surface area contributed by atoms with E-state index in [1.807, 2.05) is 6.92 Å². The maximum absolute atomic E-state index is 12.5. The van der Waals surface area contributed by atoms with Gasteiger partial charge in [0.2, 0.25) is 0 Å². The summed E-state index contributed by atoms with van der Waals surface area (Å²) in [4.78, 5) is 23.3. The Balaban J connectivity index is 2.01. The summed E-state index contributed by atoms with van der Waals surface area (Å²) in [7, 11) is -3.83. The Morgan fingerprint density at radius 2 is 1.52 bits per heavy atom. The molecule has 0 aromatic heterocycles. The monoisotopic (exact) mass is 420 g/mol. The molecule has 29 heavy (non-hydrogen) atoms. The molecular weight excluding hydrogens is 396 g/mol. The van der Waals surface area contributed by atoms with Crippen LogP contribution >= 0.6 is 0 Å². The molecule has 0 spiro atoms. The minimum Gasteiger partial charge on any atom is -0.462 e. The van der Waals surface area contributed by atoms with Gasteiger partial charge in [-0.3, -0.25) is 10.0 Å². The van der Waals surface area contributed by atoms with Crippen LogP contribution in [0, 0.1) is 0 Å². The first-order valence-electron chi connectivity index (χ1n) is 9.19. The zero-order valence-corrected chi connectivity index (χ0v) is 17.1. The van der Waals surface area contributed by atoms with Gasteiger partial charge in [0.1, 0.15) is 0 Å². The minimum absolute atomic E-state index is 0.0231. The van der Waals surface area contributed by atoms with Crippen LogP contribution < -0.4 is 10.0 Å². The summed E-state index contributed by atoms with van der Waals surface area (Å²) in [5.74, 6) is -0.447. The van der Waals surface area contributed by atoms with Crippen LogP contribution in [0.3, 0.4) is 0 Å². The Labute approximate surface area is 170 Å². The van der Waals surface area contributed by atoms with E-state index in [1.165, 1.54) is 48.5 Å². The SMILES string of the molecule is CCCCOC(=O)c1ccc(NS(=O)(=O)c2ccc(NC(=O)OCC)cc2)cc1. The van der Waals surface area contributed by atoms with Crippen molar-refractivity contribution >= 4 is 33.5 Å². The summed E-state index contributed by atoms with van der Waals surface area (Å²) in [6.45, 7) is 4.27. The van der Waals surface area contributed by atoms with E-state index >= 15 is 0 Å². The fourth-order valence-electron chi connectivity index (χ4n) is 2.28. The molecule has 2 aromatic carbocycles. The van der Waals surface area contributed by atoms with Gasteiger partial charge in [0.15, 0.2) is 0 Å². The lowest BCUT2D eigenvalue weighted by atomic mass is 10.2. The molecule has 0 heterocycles. The number of anilines is 2. The van der Waals surface area contributed by atoms with Gasteiger partial charge in [-0.25, -0.2) is 18.0 Å². The fourth-order valence-corrected chi connectivity index (χ4v) is 3.34. The first-order valence-corrected chi connectivity index (χ1v) is 10.7. The lowest BCUT2D eigenvalue weighted by Gasteiger charge is -2.10. The fraction of sp³-hybridized carbons (Fsp3) is 0.300. The predicted octanol–water partition coefficient (Wildman–Crippen LogP) is 4.01. The van der Waals surface area contributed by atoms with Crippen molar-refractivity contribution in [2.24, 2.45) is 0 Å². The van der Waals surface area contributed by atoms with Crippen LogP contribution in [-0.4, -0.2) is 33.7 Å². The standard InChI is InChI=1S/C20H24N2O6S/c1-3-5-14-28-19(23)15-6-8-17(9-7-15)22-29(25,26)18-12-10-16(11-13-18)21-20(24)27-4-2/h6-13,22H,3-5,14H2,1-2H3,(H,21,24). The van der Waals surface area contributed by atoms with Crippen molar-refractivity contribution in [3.63, 3.8) is 0 Å². The van der Waals surface area contributed by atoms with Crippen LogP contribution in [0.25, 0.3) is 0 Å². The summed E-state index contributed by atoms with van der Waals surface area (Å²) >= 11 is 0. The zero-order chi connectivity index (χ0) is 21.3. The number of benzene rings is 2. The normalized spacial score (nSPS) is 10.8. The van der Waals surface area contributed by atoms with E-state index in [9.17, 15) is 18.0 Å². The van der Waals surface area contributed by atoms with Gasteiger partial charge in [0.05, 0.1) is 23.7 Å².